The molecule has 0 saturated heterocycles. The number of nitrogens with zero attached hydrogens (tertiary/aromatic N) is 1. The first-order chi connectivity index (χ1) is 12.1. The van der Waals surface area contributed by atoms with Gasteiger partial charge in [0.1, 0.15) is 0 Å². The van der Waals surface area contributed by atoms with Crippen molar-refractivity contribution in [2.45, 2.75) is 66.2 Å². The standard InChI is InChI=1S/C19H34N2O3S2/c1-18(2,7-5-16(22)21-15-20)9-11-25-13-14-26-12-10-19(3,4)8-6-17(23)24/h5-14H2,1-4H3,(H,21,22)(H,23,24). The number of hydrogen-bond donors (Lipinski definition) is 2. The largest absolute Gasteiger partial charge is 0.481 e. The van der Waals surface area contributed by atoms with Crippen LogP contribution in [0.4, 0.5) is 0 Å². The first-order valence-corrected chi connectivity index (χ1v) is 11.4. The molecule has 0 aromatic rings. The normalized spacial score (nSPS) is 11.8. The summed E-state index contributed by atoms with van der Waals surface area (Å²) in [5.41, 5.74) is 0.210. The van der Waals surface area contributed by atoms with E-state index >= 15 is 0 Å². The number of aliphatic carboxylic acids is 1. The smallest absolute Gasteiger partial charge is 0.303 e. The van der Waals surface area contributed by atoms with E-state index in [4.69, 9.17) is 10.4 Å². The molecule has 0 saturated carbocycles. The van der Waals surface area contributed by atoms with Crippen molar-refractivity contribution >= 4 is 35.4 Å². The molecule has 1 amide bonds. The van der Waals surface area contributed by atoms with Gasteiger partial charge >= 0.3 is 5.97 Å². The molecule has 0 atom stereocenters. The van der Waals surface area contributed by atoms with Crippen molar-refractivity contribution in [2.24, 2.45) is 10.8 Å². The summed E-state index contributed by atoms with van der Waals surface area (Å²) in [5.74, 6) is 3.48. The number of thioether (sulfide) groups is 2. The van der Waals surface area contributed by atoms with Gasteiger partial charge in [-0.25, -0.2) is 0 Å². The van der Waals surface area contributed by atoms with Crippen molar-refractivity contribution in [3.05, 3.63) is 0 Å². The van der Waals surface area contributed by atoms with E-state index in [1.54, 1.807) is 6.19 Å². The van der Waals surface area contributed by atoms with Crippen LogP contribution < -0.4 is 5.32 Å². The quantitative estimate of drug-likeness (QED) is 0.238. The Balaban J connectivity index is 3.67. The SMILES string of the molecule is CC(C)(CCSCCSCCC(C)(C)CCC(=O)NC#N)CCC(=O)O. The Morgan fingerprint density at radius 3 is 1.77 bits per heavy atom. The molecule has 0 rings (SSSR count). The van der Waals surface area contributed by atoms with Crippen LogP contribution in [0.15, 0.2) is 0 Å². The van der Waals surface area contributed by atoms with Crippen molar-refractivity contribution in [3.63, 3.8) is 0 Å². The summed E-state index contributed by atoms with van der Waals surface area (Å²) < 4.78 is 0. The van der Waals surface area contributed by atoms with E-state index < -0.39 is 5.97 Å². The average molecular weight is 403 g/mol. The Hall–Kier alpha value is -0.870. The topological polar surface area (TPSA) is 90.2 Å². The second-order valence-electron chi connectivity index (χ2n) is 8.11. The molecule has 0 aliphatic carbocycles. The molecule has 0 heterocycles. The second kappa shape index (κ2) is 13.3. The van der Waals surface area contributed by atoms with E-state index in [-0.39, 0.29) is 23.2 Å². The molecular weight excluding hydrogens is 368 g/mol. The minimum Gasteiger partial charge on any atom is -0.481 e. The van der Waals surface area contributed by atoms with Gasteiger partial charge in [0.25, 0.3) is 0 Å². The fourth-order valence-electron chi connectivity index (χ4n) is 2.29. The fourth-order valence-corrected chi connectivity index (χ4v) is 5.04. The monoisotopic (exact) mass is 402 g/mol. The van der Waals surface area contributed by atoms with Gasteiger partial charge in [-0.3, -0.25) is 14.9 Å². The van der Waals surface area contributed by atoms with Crippen LogP contribution in [0.5, 0.6) is 0 Å². The van der Waals surface area contributed by atoms with Crippen LogP contribution in [0.1, 0.15) is 66.2 Å². The number of rotatable bonds is 15. The minimum absolute atomic E-state index is 0.0976. The third-order valence-electron chi connectivity index (χ3n) is 4.46. The Morgan fingerprint density at radius 2 is 1.35 bits per heavy atom. The van der Waals surface area contributed by atoms with Crippen molar-refractivity contribution in [1.82, 2.24) is 5.32 Å². The third kappa shape index (κ3) is 15.4. The molecule has 2 N–H and O–H groups in total. The van der Waals surface area contributed by atoms with Gasteiger partial charge < -0.3 is 5.11 Å². The van der Waals surface area contributed by atoms with E-state index in [2.05, 4.69) is 33.0 Å². The lowest BCUT2D eigenvalue weighted by molar-refractivity contribution is -0.137. The van der Waals surface area contributed by atoms with Crippen molar-refractivity contribution < 1.29 is 14.7 Å². The lowest BCUT2D eigenvalue weighted by Crippen LogP contribution is -2.21. The van der Waals surface area contributed by atoms with Gasteiger partial charge in [-0.05, 0) is 48.0 Å². The summed E-state index contributed by atoms with van der Waals surface area (Å²) in [6, 6.07) is 0. The number of amides is 1. The molecule has 5 nitrogen and oxygen atoms in total. The summed E-state index contributed by atoms with van der Waals surface area (Å²) in [5, 5.41) is 19.3. The Labute approximate surface area is 167 Å². The highest BCUT2D eigenvalue weighted by atomic mass is 32.2. The Kier molecular flexibility index (Phi) is 12.9. The van der Waals surface area contributed by atoms with E-state index in [0.717, 1.165) is 48.7 Å². The molecular formula is C19H34N2O3S2. The van der Waals surface area contributed by atoms with Crippen LogP contribution in [0.25, 0.3) is 0 Å². The van der Waals surface area contributed by atoms with Crippen LogP contribution in [-0.2, 0) is 9.59 Å². The van der Waals surface area contributed by atoms with Gasteiger partial charge in [-0.2, -0.15) is 28.8 Å². The first kappa shape index (κ1) is 25.1. The number of nitrogens with one attached hydrogen (secondary N) is 1. The summed E-state index contributed by atoms with van der Waals surface area (Å²) in [6.07, 6.45) is 5.96. The molecule has 0 aliphatic heterocycles. The van der Waals surface area contributed by atoms with Crippen LogP contribution in [0, 0.1) is 22.3 Å². The molecule has 0 aliphatic rings. The zero-order chi connectivity index (χ0) is 20.1. The van der Waals surface area contributed by atoms with Crippen LogP contribution in [0.2, 0.25) is 0 Å². The maximum atomic E-state index is 11.3. The predicted molar refractivity (Wildman–Crippen MR) is 111 cm³/mol. The molecule has 0 unspecified atom stereocenters. The number of carbonyl (C=O) groups excluding carboxylic acids is 1. The van der Waals surface area contributed by atoms with Gasteiger partial charge in [-0.1, -0.05) is 27.7 Å². The number of carboxylic acid groups (broad SMARTS) is 1. The summed E-state index contributed by atoms with van der Waals surface area (Å²) in [7, 11) is 0. The maximum absolute atomic E-state index is 11.3. The lowest BCUT2D eigenvalue weighted by Gasteiger charge is -2.24. The van der Waals surface area contributed by atoms with Gasteiger partial charge in [0.15, 0.2) is 6.19 Å². The third-order valence-corrected chi connectivity index (χ3v) is 6.69. The lowest BCUT2D eigenvalue weighted by atomic mass is 9.85. The van der Waals surface area contributed by atoms with Crippen LogP contribution in [-0.4, -0.2) is 40.0 Å². The average Bonchev–Trinajstić information content (AvgIpc) is 2.54. The Morgan fingerprint density at radius 1 is 0.885 bits per heavy atom. The van der Waals surface area contributed by atoms with E-state index in [1.807, 2.05) is 23.5 Å². The summed E-state index contributed by atoms with van der Waals surface area (Å²) >= 11 is 3.89. The van der Waals surface area contributed by atoms with E-state index in [0.29, 0.717) is 6.42 Å². The second-order valence-corrected chi connectivity index (χ2v) is 10.6. The van der Waals surface area contributed by atoms with Crippen LogP contribution in [0.3, 0.4) is 0 Å². The summed E-state index contributed by atoms with van der Waals surface area (Å²) in [4.78, 5) is 22.0. The molecule has 150 valence electrons. The van der Waals surface area contributed by atoms with E-state index in [9.17, 15) is 9.59 Å². The molecule has 0 bridgehead atoms. The van der Waals surface area contributed by atoms with Gasteiger partial charge in [0, 0.05) is 24.3 Å². The Bertz CT molecular complexity index is 474. The fraction of sp³-hybridized carbons (Fsp3) is 0.842. The van der Waals surface area contributed by atoms with Crippen molar-refractivity contribution in [2.75, 3.05) is 23.0 Å². The van der Waals surface area contributed by atoms with Gasteiger partial charge in [0.05, 0.1) is 0 Å². The predicted octanol–water partition coefficient (Wildman–Crippen LogP) is 4.53. The van der Waals surface area contributed by atoms with Crippen molar-refractivity contribution in [3.8, 4) is 6.19 Å². The molecule has 7 heteroatoms. The molecule has 0 spiro atoms. The highest BCUT2D eigenvalue weighted by Gasteiger charge is 2.20. The van der Waals surface area contributed by atoms with Gasteiger partial charge in [-0.15, -0.1) is 0 Å². The first-order valence-electron chi connectivity index (χ1n) is 9.13. The number of carbonyl (C=O) groups is 2. The minimum atomic E-state index is -0.712. The van der Waals surface area contributed by atoms with Crippen molar-refractivity contribution in [1.29, 1.82) is 5.26 Å². The zero-order valence-electron chi connectivity index (χ0n) is 16.6. The molecule has 0 fully saturated rings. The highest BCUT2D eigenvalue weighted by Crippen LogP contribution is 2.30. The van der Waals surface area contributed by atoms with Gasteiger partial charge in [0.2, 0.25) is 5.91 Å². The molecule has 0 aromatic heterocycles. The highest BCUT2D eigenvalue weighted by molar-refractivity contribution is 8.02. The summed E-state index contributed by atoms with van der Waals surface area (Å²) in [6.45, 7) is 8.62. The van der Waals surface area contributed by atoms with Crippen LogP contribution >= 0.6 is 23.5 Å². The molecule has 0 radical (unpaired) electrons. The number of carboxylic acids is 1. The maximum Gasteiger partial charge on any atom is 0.303 e. The molecule has 0 aromatic carbocycles. The molecule has 26 heavy (non-hydrogen) atoms. The zero-order valence-corrected chi connectivity index (χ0v) is 18.2. The van der Waals surface area contributed by atoms with E-state index in [1.165, 1.54) is 0 Å². The number of nitriles is 1. The number of hydrogen-bond acceptors (Lipinski definition) is 5.